The zero-order valence-electron chi connectivity index (χ0n) is 13.6. The first-order valence-electron chi connectivity index (χ1n) is 8.67. The molecule has 0 spiro atoms. The molecule has 4 rings (SSSR count). The van der Waals surface area contributed by atoms with Gasteiger partial charge in [0.25, 0.3) is 5.91 Å². The first kappa shape index (κ1) is 15.3. The van der Waals surface area contributed by atoms with Crippen molar-refractivity contribution in [3.63, 3.8) is 0 Å². The molecule has 2 aliphatic rings. The first-order chi connectivity index (χ1) is 11.7. The van der Waals surface area contributed by atoms with Crippen LogP contribution >= 0.6 is 0 Å². The van der Waals surface area contributed by atoms with Gasteiger partial charge in [0.1, 0.15) is 11.6 Å². The van der Waals surface area contributed by atoms with Crippen LogP contribution in [-0.4, -0.2) is 31.8 Å². The topological polar surface area (TPSA) is 80.0 Å². The molecule has 0 saturated heterocycles. The molecular weight excluding hydrogens is 304 g/mol. The molecule has 1 aromatic heterocycles. The molecule has 6 nitrogen and oxygen atoms in total. The van der Waals surface area contributed by atoms with E-state index in [-0.39, 0.29) is 18.6 Å². The molecule has 126 valence electrons. The van der Waals surface area contributed by atoms with Crippen molar-refractivity contribution in [2.75, 3.05) is 0 Å². The van der Waals surface area contributed by atoms with Crippen molar-refractivity contribution in [1.82, 2.24) is 20.1 Å². The van der Waals surface area contributed by atoms with Gasteiger partial charge in [-0.1, -0.05) is 12.1 Å². The quantitative estimate of drug-likeness (QED) is 0.897. The van der Waals surface area contributed by atoms with Gasteiger partial charge in [0.2, 0.25) is 0 Å². The average Bonchev–Trinajstić information content (AvgIpc) is 3.41. The highest BCUT2D eigenvalue weighted by Gasteiger charge is 2.31. The summed E-state index contributed by atoms with van der Waals surface area (Å²) in [6.07, 6.45) is 5.10. The molecule has 1 unspecified atom stereocenters. The van der Waals surface area contributed by atoms with Crippen molar-refractivity contribution in [1.29, 1.82) is 0 Å². The molecule has 6 heteroatoms. The van der Waals surface area contributed by atoms with E-state index in [9.17, 15) is 4.79 Å². The van der Waals surface area contributed by atoms with Crippen LogP contribution in [0.5, 0.6) is 0 Å². The lowest BCUT2D eigenvalue weighted by Crippen LogP contribution is -2.35. The van der Waals surface area contributed by atoms with Crippen molar-refractivity contribution in [3.8, 4) is 0 Å². The maximum atomic E-state index is 12.4. The van der Waals surface area contributed by atoms with Gasteiger partial charge in [-0.2, -0.15) is 0 Å². The van der Waals surface area contributed by atoms with Gasteiger partial charge in [-0.25, -0.2) is 0 Å². The molecule has 1 aromatic carbocycles. The van der Waals surface area contributed by atoms with Crippen molar-refractivity contribution in [2.45, 2.75) is 57.2 Å². The Balaban J connectivity index is 1.40. The van der Waals surface area contributed by atoms with Crippen molar-refractivity contribution in [2.24, 2.45) is 0 Å². The number of benzene rings is 1. The van der Waals surface area contributed by atoms with Crippen LogP contribution in [0.25, 0.3) is 0 Å². The lowest BCUT2D eigenvalue weighted by Gasteiger charge is -2.16. The lowest BCUT2D eigenvalue weighted by molar-refractivity contribution is 0.0933. The van der Waals surface area contributed by atoms with E-state index in [2.05, 4.69) is 20.1 Å². The van der Waals surface area contributed by atoms with Gasteiger partial charge in [-0.3, -0.25) is 4.79 Å². The molecule has 1 aliphatic heterocycles. The summed E-state index contributed by atoms with van der Waals surface area (Å²) in [7, 11) is 0. The Hall–Kier alpha value is -2.21. The number of amides is 1. The molecule has 1 atom stereocenters. The van der Waals surface area contributed by atoms with Crippen LogP contribution in [0.1, 0.15) is 59.2 Å². The number of aliphatic hydroxyl groups is 1. The number of aromatic nitrogens is 3. The largest absolute Gasteiger partial charge is 0.392 e. The highest BCUT2D eigenvalue weighted by Crippen LogP contribution is 2.39. The number of nitrogens with one attached hydrogen (secondary N) is 1. The fourth-order valence-electron chi connectivity index (χ4n) is 3.33. The molecule has 0 bridgehead atoms. The second-order valence-corrected chi connectivity index (χ2v) is 6.75. The third-order valence-corrected chi connectivity index (χ3v) is 4.95. The van der Waals surface area contributed by atoms with Crippen LogP contribution in [-0.2, 0) is 19.6 Å². The number of carbonyl (C=O) groups excluding carboxylic acids is 1. The van der Waals surface area contributed by atoms with E-state index in [4.69, 9.17) is 5.11 Å². The summed E-state index contributed by atoms with van der Waals surface area (Å²) in [4.78, 5) is 12.4. The fraction of sp³-hybridized carbons (Fsp3) is 0.500. The molecule has 0 radical (unpaired) electrons. The molecule has 24 heavy (non-hydrogen) atoms. The van der Waals surface area contributed by atoms with Gasteiger partial charge in [0.15, 0.2) is 0 Å². The van der Waals surface area contributed by atoms with Crippen molar-refractivity contribution >= 4 is 5.91 Å². The van der Waals surface area contributed by atoms with Gasteiger partial charge in [-0.05, 0) is 43.4 Å². The fourth-order valence-corrected chi connectivity index (χ4v) is 3.33. The first-order valence-corrected chi connectivity index (χ1v) is 8.67. The van der Waals surface area contributed by atoms with Gasteiger partial charge in [-0.15, -0.1) is 10.2 Å². The molecule has 1 fully saturated rings. The van der Waals surface area contributed by atoms with Gasteiger partial charge in [0.05, 0.1) is 6.61 Å². The SMILES string of the molecule is O=C(NC1CCc2nnc(C3CC3)n2CC1)c1ccc(CO)cc1. The smallest absolute Gasteiger partial charge is 0.251 e. The predicted octanol–water partition coefficient (Wildman–Crippen LogP) is 1.78. The Kier molecular flexibility index (Phi) is 4.06. The van der Waals surface area contributed by atoms with Crippen molar-refractivity contribution in [3.05, 3.63) is 47.0 Å². The van der Waals surface area contributed by atoms with E-state index in [1.807, 2.05) is 0 Å². The average molecular weight is 326 g/mol. The standard InChI is InChI=1S/C18H22N4O2/c23-11-12-1-3-14(4-2-12)18(24)19-15-7-8-16-20-21-17(13-5-6-13)22(16)10-9-15/h1-4,13,15,23H,5-11H2,(H,19,24). The van der Waals surface area contributed by atoms with E-state index in [0.717, 1.165) is 43.0 Å². The van der Waals surface area contributed by atoms with E-state index in [1.54, 1.807) is 24.3 Å². The number of carbonyl (C=O) groups is 1. The Morgan fingerprint density at radius 1 is 1.17 bits per heavy atom. The lowest BCUT2D eigenvalue weighted by atomic mass is 10.1. The van der Waals surface area contributed by atoms with Gasteiger partial charge >= 0.3 is 0 Å². The van der Waals surface area contributed by atoms with Crippen LogP contribution in [0.15, 0.2) is 24.3 Å². The summed E-state index contributed by atoms with van der Waals surface area (Å²) in [5.74, 6) is 2.74. The summed E-state index contributed by atoms with van der Waals surface area (Å²) >= 11 is 0. The van der Waals surface area contributed by atoms with Crippen LogP contribution < -0.4 is 5.32 Å². The molecule has 2 heterocycles. The van der Waals surface area contributed by atoms with E-state index < -0.39 is 0 Å². The number of hydrogen-bond donors (Lipinski definition) is 2. The normalized spacial score (nSPS) is 20.3. The Morgan fingerprint density at radius 2 is 1.96 bits per heavy atom. The number of aliphatic hydroxyl groups excluding tert-OH is 1. The van der Waals surface area contributed by atoms with Crippen LogP contribution in [0.2, 0.25) is 0 Å². The third-order valence-electron chi connectivity index (χ3n) is 4.95. The molecular formula is C18H22N4O2. The van der Waals surface area contributed by atoms with Crippen LogP contribution in [0, 0.1) is 0 Å². The molecule has 2 N–H and O–H groups in total. The van der Waals surface area contributed by atoms with E-state index in [0.29, 0.717) is 11.5 Å². The molecule has 1 saturated carbocycles. The summed E-state index contributed by atoms with van der Waals surface area (Å²) in [6.45, 7) is 0.871. The minimum atomic E-state index is -0.0513. The highest BCUT2D eigenvalue weighted by molar-refractivity contribution is 5.94. The Labute approximate surface area is 140 Å². The minimum Gasteiger partial charge on any atom is -0.392 e. The summed E-state index contributed by atoms with van der Waals surface area (Å²) in [5, 5.41) is 20.9. The monoisotopic (exact) mass is 326 g/mol. The predicted molar refractivity (Wildman–Crippen MR) is 88.6 cm³/mol. The summed E-state index contributed by atoms with van der Waals surface area (Å²) in [5.41, 5.74) is 1.45. The van der Waals surface area contributed by atoms with Crippen molar-refractivity contribution < 1.29 is 9.90 Å². The zero-order valence-corrected chi connectivity index (χ0v) is 13.6. The second-order valence-electron chi connectivity index (χ2n) is 6.75. The van der Waals surface area contributed by atoms with Crippen LogP contribution in [0.4, 0.5) is 0 Å². The molecule has 2 aromatic rings. The number of nitrogens with zero attached hydrogens (tertiary/aromatic N) is 3. The maximum Gasteiger partial charge on any atom is 0.251 e. The number of rotatable bonds is 4. The van der Waals surface area contributed by atoms with E-state index in [1.165, 1.54) is 12.8 Å². The second kappa shape index (κ2) is 6.36. The minimum absolute atomic E-state index is 0.00660. The zero-order chi connectivity index (χ0) is 16.5. The highest BCUT2D eigenvalue weighted by atomic mass is 16.3. The Bertz CT molecular complexity index is 734. The number of hydrogen-bond acceptors (Lipinski definition) is 4. The summed E-state index contributed by atoms with van der Waals surface area (Å²) < 4.78 is 2.26. The van der Waals surface area contributed by atoms with Gasteiger partial charge in [0, 0.05) is 30.5 Å². The Morgan fingerprint density at radius 3 is 2.67 bits per heavy atom. The molecule has 1 amide bonds. The molecule has 1 aliphatic carbocycles. The van der Waals surface area contributed by atoms with E-state index >= 15 is 0 Å². The third kappa shape index (κ3) is 3.06. The van der Waals surface area contributed by atoms with Gasteiger partial charge < -0.3 is 15.0 Å². The number of aryl methyl sites for hydroxylation is 1. The maximum absolute atomic E-state index is 12.4. The van der Waals surface area contributed by atoms with Crippen LogP contribution in [0.3, 0.4) is 0 Å². The summed E-state index contributed by atoms with van der Waals surface area (Å²) in [6, 6.07) is 7.25. The number of fused-ring (bicyclic) bond motifs is 1.